The van der Waals surface area contributed by atoms with Crippen LogP contribution in [0.3, 0.4) is 0 Å². The summed E-state index contributed by atoms with van der Waals surface area (Å²) in [5.41, 5.74) is 3.63. The van der Waals surface area contributed by atoms with Crippen LogP contribution < -0.4 is 0 Å². The van der Waals surface area contributed by atoms with Crippen LogP contribution in [0.25, 0.3) is 0 Å². The van der Waals surface area contributed by atoms with E-state index < -0.39 is 34.0 Å². The van der Waals surface area contributed by atoms with E-state index in [0.29, 0.717) is 11.3 Å². The molecule has 1 aliphatic heterocycles. The molecule has 1 N–H and O–H groups in total. The third kappa shape index (κ3) is 5.52. The predicted molar refractivity (Wildman–Crippen MR) is 129 cm³/mol. The third-order valence-corrected chi connectivity index (χ3v) is 8.33. The number of hydrogen-bond donors (Lipinski definition) is 1. The Hall–Kier alpha value is -3.08. The number of nitrogens with zero attached hydrogens (tertiary/aromatic N) is 3. The van der Waals surface area contributed by atoms with E-state index in [-0.39, 0.29) is 31.7 Å². The van der Waals surface area contributed by atoms with Crippen molar-refractivity contribution in [2.45, 2.75) is 30.7 Å². The molecule has 178 valence electrons. The highest BCUT2D eigenvalue weighted by Crippen LogP contribution is 2.25. The number of benzene rings is 2. The van der Waals surface area contributed by atoms with Crippen LogP contribution >= 0.6 is 11.3 Å². The van der Waals surface area contributed by atoms with Crippen molar-refractivity contribution in [2.75, 3.05) is 13.1 Å². The molecule has 0 radical (unpaired) electrons. The molecule has 4 rings (SSSR count). The fourth-order valence-electron chi connectivity index (χ4n) is 4.19. The minimum atomic E-state index is -3.83. The summed E-state index contributed by atoms with van der Waals surface area (Å²) in [6, 6.07) is 15.8. The largest absolute Gasteiger partial charge is 0.480 e. The minimum Gasteiger partial charge on any atom is -0.480 e. The maximum atomic E-state index is 13.7. The van der Waals surface area contributed by atoms with Crippen LogP contribution in [0.15, 0.2) is 71.6 Å². The summed E-state index contributed by atoms with van der Waals surface area (Å²) in [7, 11) is -3.83. The molecule has 0 aliphatic carbocycles. The maximum Gasteiger partial charge on any atom is 0.326 e. The second-order valence-corrected chi connectivity index (χ2v) is 10.8. The second-order valence-electron chi connectivity index (χ2n) is 8.13. The van der Waals surface area contributed by atoms with Crippen molar-refractivity contribution in [2.24, 2.45) is 0 Å². The van der Waals surface area contributed by atoms with Crippen molar-refractivity contribution in [3.63, 3.8) is 0 Å². The topological polar surface area (TPSA) is 108 Å². The van der Waals surface area contributed by atoms with Gasteiger partial charge in [0.25, 0.3) is 0 Å². The van der Waals surface area contributed by atoms with Crippen LogP contribution in [0.1, 0.15) is 16.8 Å². The Morgan fingerprint density at radius 1 is 1.06 bits per heavy atom. The first-order valence-electron chi connectivity index (χ1n) is 10.8. The second kappa shape index (κ2) is 10.5. The van der Waals surface area contributed by atoms with E-state index in [9.17, 15) is 23.1 Å². The summed E-state index contributed by atoms with van der Waals surface area (Å²) in [4.78, 5) is 31.2. The lowest BCUT2D eigenvalue weighted by Crippen LogP contribution is -2.63. The fourth-order valence-corrected chi connectivity index (χ4v) is 6.45. The molecule has 1 amide bonds. The van der Waals surface area contributed by atoms with Gasteiger partial charge in [0.05, 0.1) is 17.0 Å². The lowest BCUT2D eigenvalue weighted by molar-refractivity contribution is -0.154. The SMILES string of the molecule is O=C(O)C(Cc1cscn1)N1CCN(S(=O)(=O)Cc2ccccc2)[C@H](Cc2ccccc2)C1=O. The Morgan fingerprint density at radius 3 is 2.29 bits per heavy atom. The van der Waals surface area contributed by atoms with Crippen molar-refractivity contribution in [3.8, 4) is 0 Å². The summed E-state index contributed by atoms with van der Waals surface area (Å²) in [5, 5.41) is 11.6. The molecule has 3 aromatic rings. The van der Waals surface area contributed by atoms with E-state index in [1.54, 1.807) is 35.2 Å². The molecule has 2 aromatic carbocycles. The van der Waals surface area contributed by atoms with Crippen molar-refractivity contribution in [1.82, 2.24) is 14.2 Å². The number of carboxylic acids is 1. The van der Waals surface area contributed by atoms with Gasteiger partial charge in [0.15, 0.2) is 0 Å². The van der Waals surface area contributed by atoms with Gasteiger partial charge in [-0.2, -0.15) is 4.31 Å². The number of thiazole rings is 1. The van der Waals surface area contributed by atoms with Crippen LogP contribution in [-0.2, 0) is 38.2 Å². The van der Waals surface area contributed by atoms with E-state index in [2.05, 4.69) is 4.98 Å². The average molecular weight is 500 g/mol. The Balaban J connectivity index is 1.64. The zero-order chi connectivity index (χ0) is 24.1. The first kappa shape index (κ1) is 24.1. The molecule has 1 saturated heterocycles. The summed E-state index contributed by atoms with van der Waals surface area (Å²) in [6.07, 6.45) is 0.229. The number of sulfonamides is 1. The summed E-state index contributed by atoms with van der Waals surface area (Å²) in [6.45, 7) is 0.0263. The minimum absolute atomic E-state index is 0.000748. The molecular formula is C24H25N3O5S2. The number of aromatic nitrogens is 1. The van der Waals surface area contributed by atoms with Gasteiger partial charge < -0.3 is 10.0 Å². The molecule has 34 heavy (non-hydrogen) atoms. The summed E-state index contributed by atoms with van der Waals surface area (Å²) >= 11 is 1.35. The van der Waals surface area contributed by atoms with Gasteiger partial charge >= 0.3 is 5.97 Å². The average Bonchev–Trinajstić information content (AvgIpc) is 3.33. The molecule has 1 aliphatic rings. The van der Waals surface area contributed by atoms with Gasteiger partial charge in [-0.15, -0.1) is 11.3 Å². The molecule has 2 atom stereocenters. The highest BCUT2D eigenvalue weighted by Gasteiger charge is 2.44. The lowest BCUT2D eigenvalue weighted by Gasteiger charge is -2.42. The van der Waals surface area contributed by atoms with Crippen LogP contribution in [0.5, 0.6) is 0 Å². The zero-order valence-corrected chi connectivity index (χ0v) is 20.0. The molecular weight excluding hydrogens is 474 g/mol. The van der Waals surface area contributed by atoms with Crippen LogP contribution in [-0.4, -0.2) is 64.8 Å². The normalized spacial score (nSPS) is 18.1. The summed E-state index contributed by atoms with van der Waals surface area (Å²) in [5.74, 6) is -1.87. The molecule has 1 fully saturated rings. The van der Waals surface area contributed by atoms with Crippen molar-refractivity contribution in [3.05, 3.63) is 88.4 Å². The fraction of sp³-hybridized carbons (Fsp3) is 0.292. The van der Waals surface area contributed by atoms with Crippen LogP contribution in [0.2, 0.25) is 0 Å². The maximum absolute atomic E-state index is 13.7. The van der Waals surface area contributed by atoms with E-state index >= 15 is 0 Å². The quantitative estimate of drug-likeness (QED) is 0.485. The van der Waals surface area contributed by atoms with Crippen molar-refractivity contribution in [1.29, 1.82) is 0 Å². The third-order valence-electron chi connectivity index (χ3n) is 5.85. The van der Waals surface area contributed by atoms with Gasteiger partial charge in [-0.25, -0.2) is 18.2 Å². The number of aliphatic carboxylic acids is 1. The predicted octanol–water partition coefficient (Wildman–Crippen LogP) is 2.42. The Bertz CT molecular complexity index is 1220. The van der Waals surface area contributed by atoms with Crippen LogP contribution in [0, 0.1) is 0 Å². The first-order chi connectivity index (χ1) is 16.3. The van der Waals surface area contributed by atoms with E-state index in [1.165, 1.54) is 20.5 Å². The first-order valence-corrected chi connectivity index (χ1v) is 13.4. The van der Waals surface area contributed by atoms with E-state index in [4.69, 9.17) is 0 Å². The van der Waals surface area contributed by atoms with Gasteiger partial charge in [-0.05, 0) is 17.5 Å². The molecule has 2 heterocycles. The van der Waals surface area contributed by atoms with Gasteiger partial charge in [0.2, 0.25) is 15.9 Å². The molecule has 10 heteroatoms. The Labute approximate surface area is 202 Å². The van der Waals surface area contributed by atoms with Gasteiger partial charge in [0.1, 0.15) is 12.1 Å². The Kier molecular flexibility index (Phi) is 7.40. The number of amides is 1. The zero-order valence-electron chi connectivity index (χ0n) is 18.4. The van der Waals surface area contributed by atoms with Gasteiger partial charge in [-0.1, -0.05) is 60.7 Å². The molecule has 8 nitrogen and oxygen atoms in total. The summed E-state index contributed by atoms with van der Waals surface area (Å²) < 4.78 is 28.0. The van der Waals surface area contributed by atoms with Crippen LogP contribution in [0.4, 0.5) is 0 Å². The molecule has 0 bridgehead atoms. The van der Waals surface area contributed by atoms with Gasteiger partial charge in [-0.3, -0.25) is 4.79 Å². The highest BCUT2D eigenvalue weighted by atomic mass is 32.2. The number of rotatable bonds is 9. The number of hydrogen-bond acceptors (Lipinski definition) is 6. The molecule has 0 spiro atoms. The number of carbonyl (C=O) groups is 2. The number of carboxylic acid groups (broad SMARTS) is 1. The van der Waals surface area contributed by atoms with Crippen molar-refractivity contribution < 1.29 is 23.1 Å². The van der Waals surface area contributed by atoms with E-state index in [1.807, 2.05) is 36.4 Å². The number of piperazine rings is 1. The molecule has 1 aromatic heterocycles. The standard InChI is InChI=1S/C24H25N3O5S2/c28-23-21(13-18-7-3-1-4-8-18)27(34(31,32)16-19-9-5-2-6-10-19)12-11-26(23)22(24(29)30)14-20-15-33-17-25-20/h1-10,15,17,21-22H,11-14,16H2,(H,29,30)/t21-,22?/m1/s1. The molecule has 0 saturated carbocycles. The van der Waals surface area contributed by atoms with Crippen molar-refractivity contribution >= 4 is 33.2 Å². The monoisotopic (exact) mass is 499 g/mol. The smallest absolute Gasteiger partial charge is 0.326 e. The number of carbonyl (C=O) groups excluding carboxylic acids is 1. The lowest BCUT2D eigenvalue weighted by atomic mass is 10.0. The van der Waals surface area contributed by atoms with Gasteiger partial charge in [0, 0.05) is 24.9 Å². The highest BCUT2D eigenvalue weighted by molar-refractivity contribution is 7.88. The van der Waals surface area contributed by atoms with E-state index in [0.717, 1.165) is 5.56 Å². The Morgan fingerprint density at radius 2 is 1.71 bits per heavy atom. The molecule has 1 unspecified atom stereocenters.